The van der Waals surface area contributed by atoms with Crippen LogP contribution in [0.5, 0.6) is 11.5 Å². The van der Waals surface area contributed by atoms with Crippen LogP contribution in [0, 0.1) is 17.1 Å². The summed E-state index contributed by atoms with van der Waals surface area (Å²) in [6, 6.07) is 14.7. The maximum atomic E-state index is 13.9. The predicted octanol–water partition coefficient (Wildman–Crippen LogP) is 3.16. The number of nitriles is 1. The van der Waals surface area contributed by atoms with Crippen LogP contribution in [0.2, 0.25) is 0 Å². The normalized spacial score (nSPS) is 9.88. The summed E-state index contributed by atoms with van der Waals surface area (Å²) in [7, 11) is 1.56. The maximum Gasteiger partial charge on any atom is 0.265 e. The highest BCUT2D eigenvalue weighted by Gasteiger charge is 2.19. The molecule has 0 radical (unpaired) electrons. The van der Waals surface area contributed by atoms with Crippen LogP contribution in [0.4, 0.5) is 10.1 Å². The Balaban J connectivity index is 2.07. The van der Waals surface area contributed by atoms with Crippen LogP contribution in [-0.2, 0) is 4.79 Å². The Morgan fingerprint density at radius 1 is 1.17 bits per heavy atom. The second kappa shape index (κ2) is 8.53. The zero-order valence-corrected chi connectivity index (χ0v) is 13.2. The van der Waals surface area contributed by atoms with E-state index in [2.05, 4.69) is 0 Å². The lowest BCUT2D eigenvalue weighted by Gasteiger charge is -2.22. The van der Waals surface area contributed by atoms with Gasteiger partial charge >= 0.3 is 0 Å². The lowest BCUT2D eigenvalue weighted by atomic mass is 10.2. The van der Waals surface area contributed by atoms with Crippen LogP contribution in [-0.4, -0.2) is 26.2 Å². The minimum Gasteiger partial charge on any atom is -0.497 e. The van der Waals surface area contributed by atoms with Crippen molar-refractivity contribution < 1.29 is 18.7 Å². The minimum absolute atomic E-state index is 0.0994. The van der Waals surface area contributed by atoms with E-state index in [1.54, 1.807) is 43.5 Å². The quantitative estimate of drug-likeness (QED) is 0.783. The number of anilines is 1. The molecule has 1 amide bonds. The number of methoxy groups -OCH3 is 1. The van der Waals surface area contributed by atoms with Crippen LogP contribution < -0.4 is 14.4 Å². The maximum absolute atomic E-state index is 13.9. The number of benzene rings is 2. The molecule has 0 aliphatic carbocycles. The summed E-state index contributed by atoms with van der Waals surface area (Å²) in [6.45, 7) is -0.158. The van der Waals surface area contributed by atoms with Gasteiger partial charge in [0.15, 0.2) is 6.61 Å². The lowest BCUT2D eigenvalue weighted by Crippen LogP contribution is -2.36. The molecule has 0 saturated heterocycles. The van der Waals surface area contributed by atoms with Crippen molar-refractivity contribution in [2.75, 3.05) is 25.2 Å². The van der Waals surface area contributed by atoms with Gasteiger partial charge in [0.2, 0.25) is 0 Å². The van der Waals surface area contributed by atoms with Crippen molar-refractivity contribution in [3.63, 3.8) is 0 Å². The summed E-state index contributed by atoms with van der Waals surface area (Å²) < 4.78 is 24.4. The minimum atomic E-state index is -0.520. The third kappa shape index (κ3) is 4.46. The molecule has 0 bridgehead atoms. The molecule has 0 aliphatic rings. The molecule has 0 spiro atoms. The third-order valence-corrected chi connectivity index (χ3v) is 3.31. The van der Waals surface area contributed by atoms with Crippen LogP contribution >= 0.6 is 0 Å². The fraction of sp³-hybridized carbons (Fsp3) is 0.222. The molecule has 0 aromatic heterocycles. The molecule has 2 rings (SSSR count). The van der Waals surface area contributed by atoms with Gasteiger partial charge < -0.3 is 14.4 Å². The Kier molecular flexibility index (Phi) is 6.15. The van der Waals surface area contributed by atoms with Crippen molar-refractivity contribution in [1.29, 1.82) is 5.26 Å². The number of amides is 1. The van der Waals surface area contributed by atoms with Crippen LogP contribution in [0.15, 0.2) is 48.5 Å². The van der Waals surface area contributed by atoms with Gasteiger partial charge in [-0.25, -0.2) is 4.39 Å². The first-order valence-electron chi connectivity index (χ1n) is 7.34. The SMILES string of the molecule is COc1ccc(OCC(=O)N(CCC#N)c2ccccc2F)cc1. The van der Waals surface area contributed by atoms with E-state index in [4.69, 9.17) is 14.7 Å². The molecular formula is C18H17FN2O3. The largest absolute Gasteiger partial charge is 0.497 e. The summed E-state index contributed by atoms with van der Waals surface area (Å²) in [6.07, 6.45) is 0.0998. The Labute approximate surface area is 139 Å². The number of carbonyl (C=O) groups excluding carboxylic acids is 1. The third-order valence-electron chi connectivity index (χ3n) is 3.31. The van der Waals surface area contributed by atoms with Crippen molar-refractivity contribution in [3.8, 4) is 17.6 Å². The standard InChI is InChI=1S/C18H17FN2O3/c1-23-14-7-9-15(10-8-14)24-13-18(22)21(12-4-11-20)17-6-3-2-5-16(17)19/h2-3,5-10H,4,12-13H2,1H3. The number of nitrogens with zero attached hydrogens (tertiary/aromatic N) is 2. The summed E-state index contributed by atoms with van der Waals surface area (Å²) in [4.78, 5) is 13.6. The van der Waals surface area contributed by atoms with Gasteiger partial charge in [-0.1, -0.05) is 12.1 Å². The van der Waals surface area contributed by atoms with Crippen molar-refractivity contribution in [2.45, 2.75) is 6.42 Å². The zero-order valence-electron chi connectivity index (χ0n) is 13.2. The van der Waals surface area contributed by atoms with E-state index in [0.29, 0.717) is 11.5 Å². The van der Waals surface area contributed by atoms with E-state index in [1.165, 1.54) is 17.0 Å². The first kappa shape index (κ1) is 17.3. The van der Waals surface area contributed by atoms with Crippen molar-refractivity contribution in [1.82, 2.24) is 0 Å². The molecule has 0 atom stereocenters. The highest BCUT2D eigenvalue weighted by Crippen LogP contribution is 2.20. The van der Waals surface area contributed by atoms with Gasteiger partial charge in [0.05, 0.1) is 25.3 Å². The lowest BCUT2D eigenvalue weighted by molar-refractivity contribution is -0.120. The molecule has 2 aromatic rings. The number of carbonyl (C=O) groups is 1. The molecule has 0 aliphatic heterocycles. The first-order valence-corrected chi connectivity index (χ1v) is 7.34. The number of halogens is 1. The molecule has 0 heterocycles. The Bertz CT molecular complexity index is 726. The van der Waals surface area contributed by atoms with Crippen LogP contribution in [0.25, 0.3) is 0 Å². The van der Waals surface area contributed by atoms with Crippen LogP contribution in [0.3, 0.4) is 0 Å². The highest BCUT2D eigenvalue weighted by atomic mass is 19.1. The van der Waals surface area contributed by atoms with Crippen molar-refractivity contribution >= 4 is 11.6 Å². The average Bonchev–Trinajstić information content (AvgIpc) is 2.62. The summed E-state index contributed by atoms with van der Waals surface area (Å²) in [5, 5.41) is 8.75. The zero-order chi connectivity index (χ0) is 17.4. The average molecular weight is 328 g/mol. The predicted molar refractivity (Wildman–Crippen MR) is 87.5 cm³/mol. The fourth-order valence-corrected chi connectivity index (χ4v) is 2.11. The summed E-state index contributed by atoms with van der Waals surface area (Å²) in [5.74, 6) is 0.230. The molecule has 124 valence electrons. The molecule has 0 fully saturated rings. The molecule has 0 N–H and O–H groups in total. The smallest absolute Gasteiger partial charge is 0.265 e. The molecule has 0 unspecified atom stereocenters. The number of ether oxygens (including phenoxy) is 2. The van der Waals surface area contributed by atoms with E-state index in [9.17, 15) is 9.18 Å². The van der Waals surface area contributed by atoms with Gasteiger partial charge in [0.25, 0.3) is 5.91 Å². The second-order valence-corrected chi connectivity index (χ2v) is 4.87. The highest BCUT2D eigenvalue weighted by molar-refractivity contribution is 5.94. The van der Waals surface area contributed by atoms with Gasteiger partial charge in [-0.2, -0.15) is 5.26 Å². The van der Waals surface area contributed by atoms with Gasteiger partial charge in [-0.3, -0.25) is 4.79 Å². The van der Waals surface area contributed by atoms with E-state index in [-0.39, 0.29) is 25.3 Å². The number of para-hydroxylation sites is 1. The molecule has 6 heteroatoms. The Hall–Kier alpha value is -3.07. The first-order chi connectivity index (χ1) is 11.7. The topological polar surface area (TPSA) is 62.6 Å². The molecule has 2 aromatic carbocycles. The molecule has 0 saturated carbocycles. The Morgan fingerprint density at radius 3 is 2.46 bits per heavy atom. The van der Waals surface area contributed by atoms with Gasteiger partial charge in [-0.05, 0) is 36.4 Å². The summed E-state index contributed by atoms with van der Waals surface area (Å²) in [5.41, 5.74) is 0.135. The Morgan fingerprint density at radius 2 is 1.83 bits per heavy atom. The monoisotopic (exact) mass is 328 g/mol. The van der Waals surface area contributed by atoms with E-state index >= 15 is 0 Å². The molecular weight excluding hydrogens is 311 g/mol. The van der Waals surface area contributed by atoms with Gasteiger partial charge in [0, 0.05) is 6.54 Å². The number of hydrogen-bond donors (Lipinski definition) is 0. The fourth-order valence-electron chi connectivity index (χ4n) is 2.11. The second-order valence-electron chi connectivity index (χ2n) is 4.87. The van der Waals surface area contributed by atoms with Crippen molar-refractivity contribution in [2.24, 2.45) is 0 Å². The molecule has 5 nitrogen and oxygen atoms in total. The summed E-state index contributed by atoms with van der Waals surface area (Å²) >= 11 is 0. The van der Waals surface area contributed by atoms with E-state index in [1.807, 2.05) is 6.07 Å². The van der Waals surface area contributed by atoms with Gasteiger partial charge in [-0.15, -0.1) is 0 Å². The molecule has 24 heavy (non-hydrogen) atoms. The van der Waals surface area contributed by atoms with Crippen molar-refractivity contribution in [3.05, 3.63) is 54.3 Å². The number of hydrogen-bond acceptors (Lipinski definition) is 4. The van der Waals surface area contributed by atoms with Crippen LogP contribution in [0.1, 0.15) is 6.42 Å². The van der Waals surface area contributed by atoms with E-state index < -0.39 is 11.7 Å². The van der Waals surface area contributed by atoms with Gasteiger partial charge in [0.1, 0.15) is 17.3 Å². The number of rotatable bonds is 7. The van der Waals surface area contributed by atoms with E-state index in [0.717, 1.165) is 0 Å².